The van der Waals surface area contributed by atoms with Crippen molar-refractivity contribution in [1.82, 2.24) is 0 Å². The smallest absolute Gasteiger partial charge is 0.137 e. The summed E-state index contributed by atoms with van der Waals surface area (Å²) in [5.74, 6) is -0.259. The summed E-state index contributed by atoms with van der Waals surface area (Å²) in [6, 6.07) is 5.12. The van der Waals surface area contributed by atoms with Crippen LogP contribution in [0.25, 0.3) is 5.57 Å². The Bertz CT molecular complexity index is 405. The quantitative estimate of drug-likeness (QED) is 0.663. The maximum Gasteiger partial charge on any atom is 0.137 e. The Morgan fingerprint density at radius 3 is 2.71 bits per heavy atom. The first kappa shape index (κ1) is 9.53. The molecule has 0 amide bonds. The third-order valence-corrected chi connectivity index (χ3v) is 2.64. The van der Waals surface area contributed by atoms with E-state index >= 15 is 0 Å². The minimum Gasteiger partial charge on any atom is -0.206 e. The van der Waals surface area contributed by atoms with E-state index in [0.29, 0.717) is 4.90 Å². The molecule has 0 fully saturated rings. The van der Waals surface area contributed by atoms with Crippen LogP contribution in [-0.4, -0.2) is 0 Å². The molecule has 0 unspecified atom stereocenters. The van der Waals surface area contributed by atoms with Crippen molar-refractivity contribution in [1.29, 1.82) is 0 Å². The highest BCUT2D eigenvalue weighted by Crippen LogP contribution is 2.24. The van der Waals surface area contributed by atoms with Gasteiger partial charge in [0.1, 0.15) is 5.82 Å². The summed E-state index contributed by atoms with van der Waals surface area (Å²) in [5, 5.41) is 0. The lowest BCUT2D eigenvalue weighted by molar-refractivity contribution is 0.602. The number of hydrogen-bond donors (Lipinski definition) is 1. The largest absolute Gasteiger partial charge is 0.206 e. The normalized spacial score (nSPS) is 15.4. The summed E-state index contributed by atoms with van der Waals surface area (Å²) in [6.45, 7) is 0. The Morgan fingerprint density at radius 2 is 2.07 bits per heavy atom. The molecule has 72 valence electrons. The van der Waals surface area contributed by atoms with Gasteiger partial charge in [0.2, 0.25) is 0 Å². The lowest BCUT2D eigenvalue weighted by Crippen LogP contribution is -1.88. The van der Waals surface area contributed by atoms with Crippen molar-refractivity contribution in [3.63, 3.8) is 0 Å². The number of thiol groups is 1. The van der Waals surface area contributed by atoms with E-state index < -0.39 is 0 Å². The van der Waals surface area contributed by atoms with E-state index in [4.69, 9.17) is 0 Å². The molecule has 0 saturated heterocycles. The molecule has 0 aliphatic heterocycles. The number of halogens is 1. The van der Waals surface area contributed by atoms with Gasteiger partial charge in [-0.15, -0.1) is 12.6 Å². The molecule has 0 radical (unpaired) electrons. The standard InChI is InChI=1S/C12H11FS/c13-11-8-10(6-7-12(11)14)9-4-2-1-3-5-9/h2,4-8,14H,1,3H2. The molecular weight excluding hydrogens is 195 g/mol. The van der Waals surface area contributed by atoms with Gasteiger partial charge in [-0.05, 0) is 36.1 Å². The molecule has 2 heteroatoms. The topological polar surface area (TPSA) is 0 Å². The molecule has 1 aliphatic carbocycles. The fourth-order valence-electron chi connectivity index (χ4n) is 1.51. The van der Waals surface area contributed by atoms with E-state index in [1.165, 1.54) is 6.07 Å². The van der Waals surface area contributed by atoms with E-state index in [-0.39, 0.29) is 5.82 Å². The monoisotopic (exact) mass is 206 g/mol. The Kier molecular flexibility index (Phi) is 2.73. The Morgan fingerprint density at radius 1 is 1.21 bits per heavy atom. The molecular formula is C12H11FS. The van der Waals surface area contributed by atoms with Gasteiger partial charge >= 0.3 is 0 Å². The predicted octanol–water partition coefficient (Wildman–Crippen LogP) is 3.85. The van der Waals surface area contributed by atoms with Gasteiger partial charge in [0.05, 0.1) is 0 Å². The summed E-state index contributed by atoms with van der Waals surface area (Å²) < 4.78 is 13.2. The third kappa shape index (κ3) is 1.90. The molecule has 0 heterocycles. The van der Waals surface area contributed by atoms with Crippen molar-refractivity contribution in [3.05, 3.63) is 47.8 Å². The highest BCUT2D eigenvalue weighted by atomic mass is 32.1. The van der Waals surface area contributed by atoms with Crippen LogP contribution >= 0.6 is 12.6 Å². The average Bonchev–Trinajstić information content (AvgIpc) is 2.23. The lowest BCUT2D eigenvalue weighted by atomic mass is 10.00. The molecule has 14 heavy (non-hydrogen) atoms. The van der Waals surface area contributed by atoms with Gasteiger partial charge in [0.15, 0.2) is 0 Å². The molecule has 1 aromatic carbocycles. The van der Waals surface area contributed by atoms with E-state index in [2.05, 4.69) is 24.8 Å². The van der Waals surface area contributed by atoms with Crippen molar-refractivity contribution in [2.75, 3.05) is 0 Å². The molecule has 1 aromatic rings. The highest BCUT2D eigenvalue weighted by Gasteiger charge is 2.04. The Labute approximate surface area is 88.6 Å². The fourth-order valence-corrected chi connectivity index (χ4v) is 1.65. The number of rotatable bonds is 1. The fraction of sp³-hybridized carbons (Fsp3) is 0.167. The number of benzene rings is 1. The first-order chi connectivity index (χ1) is 6.77. The Balaban J connectivity index is 2.37. The molecule has 0 spiro atoms. The average molecular weight is 206 g/mol. The van der Waals surface area contributed by atoms with Crippen LogP contribution in [0.4, 0.5) is 4.39 Å². The molecule has 2 rings (SSSR count). The second-order valence-electron chi connectivity index (χ2n) is 3.31. The van der Waals surface area contributed by atoms with E-state index in [9.17, 15) is 4.39 Å². The number of hydrogen-bond acceptors (Lipinski definition) is 1. The van der Waals surface area contributed by atoms with Crippen LogP contribution in [0.2, 0.25) is 0 Å². The SMILES string of the molecule is Fc1cc(C2=CCCC=C2)ccc1S. The van der Waals surface area contributed by atoms with Crippen molar-refractivity contribution in [2.45, 2.75) is 17.7 Å². The van der Waals surface area contributed by atoms with Crippen molar-refractivity contribution < 1.29 is 4.39 Å². The molecule has 0 atom stereocenters. The zero-order valence-corrected chi connectivity index (χ0v) is 8.60. The van der Waals surface area contributed by atoms with Crippen molar-refractivity contribution in [3.8, 4) is 0 Å². The molecule has 0 saturated carbocycles. The Hall–Kier alpha value is -1.02. The predicted molar refractivity (Wildman–Crippen MR) is 60.0 cm³/mol. The van der Waals surface area contributed by atoms with Crippen LogP contribution < -0.4 is 0 Å². The lowest BCUT2D eigenvalue weighted by Gasteiger charge is -2.07. The van der Waals surface area contributed by atoms with Gasteiger partial charge < -0.3 is 0 Å². The molecule has 0 bridgehead atoms. The van der Waals surface area contributed by atoms with Gasteiger partial charge in [0, 0.05) is 4.90 Å². The first-order valence-corrected chi connectivity index (χ1v) is 5.08. The number of allylic oxidation sites excluding steroid dienone is 4. The molecule has 0 aromatic heterocycles. The zero-order valence-electron chi connectivity index (χ0n) is 7.70. The summed E-state index contributed by atoms with van der Waals surface area (Å²) in [5.41, 5.74) is 2.03. The van der Waals surface area contributed by atoms with Crippen LogP contribution in [0, 0.1) is 5.82 Å². The van der Waals surface area contributed by atoms with E-state index in [1.807, 2.05) is 12.1 Å². The van der Waals surface area contributed by atoms with Crippen LogP contribution in [-0.2, 0) is 0 Å². The van der Waals surface area contributed by atoms with Crippen LogP contribution in [0.3, 0.4) is 0 Å². The zero-order chi connectivity index (χ0) is 9.97. The van der Waals surface area contributed by atoms with Crippen LogP contribution in [0.15, 0.2) is 41.3 Å². The summed E-state index contributed by atoms with van der Waals surface area (Å²) in [7, 11) is 0. The van der Waals surface area contributed by atoms with Gasteiger partial charge in [-0.3, -0.25) is 0 Å². The van der Waals surface area contributed by atoms with E-state index in [0.717, 1.165) is 24.0 Å². The second kappa shape index (κ2) is 4.01. The van der Waals surface area contributed by atoms with E-state index in [1.54, 1.807) is 6.07 Å². The van der Waals surface area contributed by atoms with Gasteiger partial charge in [-0.1, -0.05) is 24.3 Å². The highest BCUT2D eigenvalue weighted by molar-refractivity contribution is 7.80. The molecule has 1 aliphatic rings. The van der Waals surface area contributed by atoms with Gasteiger partial charge in [0.25, 0.3) is 0 Å². The minimum atomic E-state index is -0.259. The third-order valence-electron chi connectivity index (χ3n) is 2.28. The maximum absolute atomic E-state index is 13.2. The van der Waals surface area contributed by atoms with Gasteiger partial charge in [-0.2, -0.15) is 0 Å². The molecule has 0 nitrogen and oxygen atoms in total. The minimum absolute atomic E-state index is 0.259. The van der Waals surface area contributed by atoms with Crippen LogP contribution in [0.5, 0.6) is 0 Å². The first-order valence-electron chi connectivity index (χ1n) is 4.63. The van der Waals surface area contributed by atoms with Crippen molar-refractivity contribution in [2.24, 2.45) is 0 Å². The van der Waals surface area contributed by atoms with Gasteiger partial charge in [-0.25, -0.2) is 4.39 Å². The maximum atomic E-state index is 13.2. The molecule has 0 N–H and O–H groups in total. The summed E-state index contributed by atoms with van der Waals surface area (Å²) >= 11 is 4.00. The summed E-state index contributed by atoms with van der Waals surface area (Å²) in [6.07, 6.45) is 8.40. The second-order valence-corrected chi connectivity index (χ2v) is 3.79. The van der Waals surface area contributed by atoms with Crippen molar-refractivity contribution >= 4 is 18.2 Å². The summed E-state index contributed by atoms with van der Waals surface area (Å²) in [4.78, 5) is 0.397. The van der Waals surface area contributed by atoms with Crippen LogP contribution in [0.1, 0.15) is 18.4 Å².